The molecular formula is C18H24FNO5. The van der Waals surface area contributed by atoms with Gasteiger partial charge in [0.2, 0.25) is 5.91 Å². The van der Waals surface area contributed by atoms with Crippen LogP contribution in [0, 0.1) is 11.2 Å². The Labute approximate surface area is 146 Å². The smallest absolute Gasteiger partial charge is 0.314 e. The van der Waals surface area contributed by atoms with Crippen molar-refractivity contribution in [3.8, 4) is 0 Å². The Morgan fingerprint density at radius 1 is 1.36 bits per heavy atom. The fourth-order valence-corrected chi connectivity index (χ4v) is 3.18. The lowest BCUT2D eigenvalue weighted by molar-refractivity contribution is -0.166. The second-order valence-electron chi connectivity index (χ2n) is 6.33. The minimum Gasteiger partial charge on any atom is -0.481 e. The van der Waals surface area contributed by atoms with Crippen molar-refractivity contribution < 1.29 is 28.9 Å². The predicted molar refractivity (Wildman–Crippen MR) is 88.5 cm³/mol. The van der Waals surface area contributed by atoms with Crippen molar-refractivity contribution in [2.45, 2.75) is 32.3 Å². The van der Waals surface area contributed by atoms with E-state index < -0.39 is 23.3 Å². The number of likely N-dealkylation sites (tertiary alicyclic amines) is 1. The number of amides is 1. The maximum absolute atomic E-state index is 13.1. The minimum atomic E-state index is -1.50. The quantitative estimate of drug-likeness (QED) is 0.725. The summed E-state index contributed by atoms with van der Waals surface area (Å²) in [5.74, 6) is -1.76. The van der Waals surface area contributed by atoms with Crippen molar-refractivity contribution in [3.05, 3.63) is 35.6 Å². The summed E-state index contributed by atoms with van der Waals surface area (Å²) < 4.78 is 18.3. The van der Waals surface area contributed by atoms with Crippen LogP contribution in [-0.4, -0.2) is 59.4 Å². The Morgan fingerprint density at radius 3 is 2.64 bits per heavy atom. The highest BCUT2D eigenvalue weighted by Crippen LogP contribution is 2.35. The van der Waals surface area contributed by atoms with Gasteiger partial charge in [0, 0.05) is 19.7 Å². The molecule has 7 heteroatoms. The number of hydrogen-bond donors (Lipinski definition) is 2. The number of aliphatic hydroxyl groups excluding tert-OH is 1. The molecule has 138 valence electrons. The number of carbonyl (C=O) groups excluding carboxylic acids is 1. The molecule has 0 aromatic heterocycles. The molecular weight excluding hydrogens is 329 g/mol. The van der Waals surface area contributed by atoms with Gasteiger partial charge in [-0.2, -0.15) is 0 Å². The molecule has 0 saturated carbocycles. The van der Waals surface area contributed by atoms with Crippen LogP contribution in [0.5, 0.6) is 0 Å². The number of carboxylic acids is 1. The molecule has 2 N–H and O–H groups in total. The average Bonchev–Trinajstić information content (AvgIpc) is 2.58. The van der Waals surface area contributed by atoms with Gasteiger partial charge in [-0.05, 0) is 37.5 Å². The first-order valence-electron chi connectivity index (χ1n) is 8.40. The van der Waals surface area contributed by atoms with E-state index in [9.17, 15) is 24.2 Å². The number of benzene rings is 1. The number of hydrogen-bond acceptors (Lipinski definition) is 4. The second-order valence-corrected chi connectivity index (χ2v) is 6.33. The first-order chi connectivity index (χ1) is 11.9. The zero-order valence-corrected chi connectivity index (χ0v) is 14.3. The van der Waals surface area contributed by atoms with E-state index >= 15 is 0 Å². The Morgan fingerprint density at radius 2 is 2.04 bits per heavy atom. The van der Waals surface area contributed by atoms with E-state index in [1.165, 1.54) is 29.2 Å². The van der Waals surface area contributed by atoms with E-state index in [1.807, 2.05) is 6.92 Å². The number of halogens is 1. The molecule has 1 saturated heterocycles. The SMILES string of the molecule is CCOCCC(=O)N1CC[C@@H](O)[C@](Cc2ccc(F)cc2)(C(=O)O)C1. The number of piperidine rings is 1. The molecule has 6 nitrogen and oxygen atoms in total. The zero-order valence-electron chi connectivity index (χ0n) is 14.3. The van der Waals surface area contributed by atoms with Gasteiger partial charge >= 0.3 is 5.97 Å². The van der Waals surface area contributed by atoms with Crippen LogP contribution in [0.1, 0.15) is 25.3 Å². The monoisotopic (exact) mass is 353 g/mol. The highest BCUT2D eigenvalue weighted by atomic mass is 19.1. The van der Waals surface area contributed by atoms with Crippen LogP contribution in [0.4, 0.5) is 4.39 Å². The molecule has 1 aliphatic heterocycles. The predicted octanol–water partition coefficient (Wildman–Crippen LogP) is 1.46. The molecule has 0 radical (unpaired) electrons. The van der Waals surface area contributed by atoms with E-state index in [1.54, 1.807) is 0 Å². The van der Waals surface area contributed by atoms with E-state index in [2.05, 4.69) is 0 Å². The highest BCUT2D eigenvalue weighted by Gasteiger charge is 2.50. The summed E-state index contributed by atoms with van der Waals surface area (Å²) in [5.41, 5.74) is -0.899. The number of carbonyl (C=O) groups is 2. The maximum Gasteiger partial charge on any atom is 0.314 e. The number of nitrogens with zero attached hydrogens (tertiary/aromatic N) is 1. The molecule has 1 fully saturated rings. The lowest BCUT2D eigenvalue weighted by Crippen LogP contribution is -2.58. The third-order valence-electron chi connectivity index (χ3n) is 4.66. The molecule has 1 aromatic carbocycles. The van der Waals surface area contributed by atoms with E-state index in [0.29, 0.717) is 18.7 Å². The van der Waals surface area contributed by atoms with Crippen LogP contribution in [-0.2, 0) is 20.7 Å². The van der Waals surface area contributed by atoms with Gasteiger partial charge in [0.1, 0.15) is 11.2 Å². The van der Waals surface area contributed by atoms with E-state index in [0.717, 1.165) is 0 Å². The summed E-state index contributed by atoms with van der Waals surface area (Å²) in [6.45, 7) is 2.86. The molecule has 25 heavy (non-hydrogen) atoms. The third kappa shape index (κ3) is 4.55. The largest absolute Gasteiger partial charge is 0.481 e. The molecule has 1 amide bonds. The topological polar surface area (TPSA) is 87.1 Å². The third-order valence-corrected chi connectivity index (χ3v) is 4.66. The maximum atomic E-state index is 13.1. The Balaban J connectivity index is 2.17. The van der Waals surface area contributed by atoms with Gasteiger partial charge in [0.05, 0.1) is 19.1 Å². The molecule has 1 aliphatic rings. The zero-order chi connectivity index (χ0) is 18.4. The average molecular weight is 353 g/mol. The number of ether oxygens (including phenoxy) is 1. The van der Waals surface area contributed by atoms with Gasteiger partial charge in [-0.15, -0.1) is 0 Å². The lowest BCUT2D eigenvalue weighted by Gasteiger charge is -2.43. The van der Waals surface area contributed by atoms with E-state index in [4.69, 9.17) is 4.74 Å². The van der Waals surface area contributed by atoms with Gasteiger partial charge in [-0.1, -0.05) is 12.1 Å². The number of aliphatic hydroxyl groups is 1. The van der Waals surface area contributed by atoms with Crippen LogP contribution in [0.25, 0.3) is 0 Å². The van der Waals surface area contributed by atoms with Crippen molar-refractivity contribution in [3.63, 3.8) is 0 Å². The second kappa shape index (κ2) is 8.40. The lowest BCUT2D eigenvalue weighted by atomic mass is 9.72. The van der Waals surface area contributed by atoms with Gasteiger partial charge < -0.3 is 19.8 Å². The molecule has 0 unspecified atom stereocenters. The Hall–Kier alpha value is -1.99. The summed E-state index contributed by atoms with van der Waals surface area (Å²) in [6, 6.07) is 5.52. The number of aliphatic carboxylic acids is 1. The summed E-state index contributed by atoms with van der Waals surface area (Å²) >= 11 is 0. The van der Waals surface area contributed by atoms with Gasteiger partial charge in [0.15, 0.2) is 0 Å². The van der Waals surface area contributed by atoms with Crippen LogP contribution in [0.2, 0.25) is 0 Å². The standard InChI is InChI=1S/C18H24FNO5/c1-2-25-10-8-16(22)20-9-7-15(21)18(12-20,17(23)24)11-13-3-5-14(19)6-4-13/h3-6,15,21H,2,7-12H2,1H3,(H,23,24)/t15-,18-/m1/s1. The fraction of sp³-hybridized carbons (Fsp3) is 0.556. The van der Waals surface area contributed by atoms with Crippen molar-refractivity contribution in [2.75, 3.05) is 26.3 Å². The number of rotatable bonds is 7. The van der Waals surface area contributed by atoms with Crippen molar-refractivity contribution in [1.82, 2.24) is 4.90 Å². The van der Waals surface area contributed by atoms with Crippen molar-refractivity contribution >= 4 is 11.9 Å². The van der Waals surface area contributed by atoms with E-state index in [-0.39, 0.29) is 38.3 Å². The van der Waals surface area contributed by atoms with Crippen molar-refractivity contribution in [1.29, 1.82) is 0 Å². The molecule has 0 bridgehead atoms. The Kier molecular flexibility index (Phi) is 6.50. The minimum absolute atomic E-state index is 0.0268. The summed E-state index contributed by atoms with van der Waals surface area (Å²) in [4.78, 5) is 25.8. The van der Waals surface area contributed by atoms with Gasteiger partial charge in [-0.25, -0.2) is 4.39 Å². The van der Waals surface area contributed by atoms with Crippen LogP contribution < -0.4 is 0 Å². The highest BCUT2D eigenvalue weighted by molar-refractivity contribution is 5.80. The van der Waals surface area contributed by atoms with Crippen LogP contribution in [0.15, 0.2) is 24.3 Å². The first kappa shape index (κ1) is 19.3. The molecule has 1 heterocycles. The Bertz CT molecular complexity index is 606. The molecule has 2 atom stereocenters. The molecule has 1 aromatic rings. The molecule has 2 rings (SSSR count). The molecule has 0 aliphatic carbocycles. The summed E-state index contributed by atoms with van der Waals surface area (Å²) in [6.07, 6.45) is -0.686. The van der Waals surface area contributed by atoms with Crippen molar-refractivity contribution in [2.24, 2.45) is 5.41 Å². The number of carboxylic acid groups (broad SMARTS) is 1. The van der Waals surface area contributed by atoms with Crippen LogP contribution >= 0.6 is 0 Å². The van der Waals surface area contributed by atoms with Crippen LogP contribution in [0.3, 0.4) is 0 Å². The first-order valence-corrected chi connectivity index (χ1v) is 8.40. The fourth-order valence-electron chi connectivity index (χ4n) is 3.18. The summed E-state index contributed by atoms with van der Waals surface area (Å²) in [5, 5.41) is 20.2. The normalized spacial score (nSPS) is 23.5. The van der Waals surface area contributed by atoms with Gasteiger partial charge in [-0.3, -0.25) is 9.59 Å². The van der Waals surface area contributed by atoms with Gasteiger partial charge in [0.25, 0.3) is 0 Å². The summed E-state index contributed by atoms with van der Waals surface area (Å²) in [7, 11) is 0. The molecule has 0 spiro atoms.